The van der Waals surface area contributed by atoms with Crippen molar-refractivity contribution >= 4 is 45.3 Å². The van der Waals surface area contributed by atoms with Crippen LogP contribution in [0.3, 0.4) is 0 Å². The zero-order valence-electron chi connectivity index (χ0n) is 15.3. The molecule has 1 amide bonds. The van der Waals surface area contributed by atoms with E-state index in [0.717, 1.165) is 42.1 Å². The van der Waals surface area contributed by atoms with Crippen molar-refractivity contribution in [2.75, 3.05) is 5.32 Å². The fourth-order valence-electron chi connectivity index (χ4n) is 4.13. The average Bonchev–Trinajstić information content (AvgIpc) is 3.15. The molecule has 4 heterocycles. The number of carbonyl (C=O) groups is 2. The molecule has 1 saturated carbocycles. The molecule has 3 aromatic heterocycles. The number of rotatable bonds is 3. The lowest BCUT2D eigenvalue weighted by atomic mass is 9.85. The van der Waals surface area contributed by atoms with E-state index < -0.39 is 5.66 Å². The number of aromatic nitrogens is 3. The van der Waals surface area contributed by atoms with Crippen LogP contribution in [0.4, 0.5) is 11.5 Å². The number of aryl methyl sites for hydroxylation is 2. The van der Waals surface area contributed by atoms with Crippen molar-refractivity contribution in [1.29, 1.82) is 0 Å². The molecule has 1 aliphatic carbocycles. The Hall–Kier alpha value is -3.07. The minimum absolute atomic E-state index is 0.199. The van der Waals surface area contributed by atoms with Gasteiger partial charge < -0.3 is 10.6 Å². The van der Waals surface area contributed by atoms with Gasteiger partial charge in [0, 0.05) is 0 Å². The number of anilines is 2. The lowest BCUT2D eigenvalue weighted by molar-refractivity contribution is 0.0789. The first-order valence-electron chi connectivity index (χ1n) is 9.01. The van der Waals surface area contributed by atoms with Crippen LogP contribution in [0.5, 0.6) is 0 Å². The molecular weight excluding hydrogens is 378 g/mol. The van der Waals surface area contributed by atoms with Crippen LogP contribution < -0.4 is 16.2 Å². The first kappa shape index (κ1) is 17.1. The molecule has 0 atom stereocenters. The summed E-state index contributed by atoms with van der Waals surface area (Å²) in [7, 11) is 0. The highest BCUT2D eigenvalue weighted by Crippen LogP contribution is 2.41. The summed E-state index contributed by atoms with van der Waals surface area (Å²) in [4.78, 5) is 46.8. The van der Waals surface area contributed by atoms with Crippen LogP contribution in [0.15, 0.2) is 17.2 Å². The van der Waals surface area contributed by atoms with E-state index in [4.69, 9.17) is 0 Å². The molecule has 0 aromatic carbocycles. The van der Waals surface area contributed by atoms with E-state index in [0.29, 0.717) is 26.9 Å². The molecule has 0 unspecified atom stereocenters. The molecule has 2 N–H and O–H groups in total. The van der Waals surface area contributed by atoms with Gasteiger partial charge in [-0.3, -0.25) is 19.0 Å². The van der Waals surface area contributed by atoms with Gasteiger partial charge in [-0.05, 0) is 50.3 Å². The van der Waals surface area contributed by atoms with Gasteiger partial charge in [0.1, 0.15) is 34.0 Å². The van der Waals surface area contributed by atoms with Crippen molar-refractivity contribution in [3.05, 3.63) is 44.4 Å². The van der Waals surface area contributed by atoms with E-state index in [9.17, 15) is 14.4 Å². The van der Waals surface area contributed by atoms with Crippen LogP contribution >= 0.6 is 11.3 Å². The average molecular weight is 395 g/mol. The fraction of sp³-hybridized carbons (Fsp3) is 0.316. The molecule has 1 fully saturated rings. The predicted octanol–water partition coefficient (Wildman–Crippen LogP) is 2.61. The molecule has 1 spiro atoms. The van der Waals surface area contributed by atoms with Crippen LogP contribution in [0, 0.1) is 13.8 Å². The van der Waals surface area contributed by atoms with Crippen molar-refractivity contribution in [3.8, 4) is 0 Å². The number of nitrogens with zero attached hydrogens (tertiary/aromatic N) is 3. The van der Waals surface area contributed by atoms with Gasteiger partial charge in [-0.1, -0.05) is 0 Å². The van der Waals surface area contributed by atoms with E-state index in [1.165, 1.54) is 17.7 Å². The summed E-state index contributed by atoms with van der Waals surface area (Å²) >= 11 is 1.29. The second-order valence-electron chi connectivity index (χ2n) is 7.31. The normalized spacial score (nSPS) is 16.7. The van der Waals surface area contributed by atoms with Crippen molar-refractivity contribution in [1.82, 2.24) is 19.9 Å². The lowest BCUT2D eigenvalue weighted by Crippen LogP contribution is -2.52. The molecule has 9 heteroatoms. The summed E-state index contributed by atoms with van der Waals surface area (Å²) < 4.78 is 1.60. The number of pyridine rings is 1. The van der Waals surface area contributed by atoms with E-state index in [1.807, 2.05) is 13.8 Å². The highest BCUT2D eigenvalue weighted by atomic mass is 32.1. The third-order valence-corrected chi connectivity index (χ3v) is 6.81. The van der Waals surface area contributed by atoms with E-state index in [-0.39, 0.29) is 11.5 Å². The van der Waals surface area contributed by atoms with Crippen LogP contribution in [-0.4, -0.2) is 26.7 Å². The van der Waals surface area contributed by atoms with E-state index >= 15 is 0 Å². The number of hydrogen-bond donors (Lipinski definition) is 2. The van der Waals surface area contributed by atoms with Crippen LogP contribution in [-0.2, 0) is 5.66 Å². The first-order valence-corrected chi connectivity index (χ1v) is 9.83. The molecule has 0 saturated heterocycles. The van der Waals surface area contributed by atoms with Gasteiger partial charge >= 0.3 is 0 Å². The second kappa shape index (κ2) is 5.71. The number of hydrogen-bond acceptors (Lipinski definition) is 7. The molecule has 5 rings (SSSR count). The number of amides is 1. The highest BCUT2D eigenvalue weighted by molar-refractivity contribution is 7.20. The number of fused-ring (bicyclic) bond motifs is 3. The quantitative estimate of drug-likeness (QED) is 0.661. The smallest absolute Gasteiger partial charge is 0.276 e. The lowest BCUT2D eigenvalue weighted by Gasteiger charge is -2.39. The SMILES string of the molecule is Cc1cc(Nc2ncnc3sc(C=O)c(C)c23)c(=O)n2c1C(=O)NC21CCC1. The van der Waals surface area contributed by atoms with Gasteiger partial charge in [0.25, 0.3) is 11.5 Å². The Morgan fingerprint density at radius 3 is 2.75 bits per heavy atom. The summed E-state index contributed by atoms with van der Waals surface area (Å²) in [6, 6.07) is 1.68. The summed E-state index contributed by atoms with van der Waals surface area (Å²) in [5.41, 5.74) is 1.43. The van der Waals surface area contributed by atoms with Gasteiger partial charge in [-0.15, -0.1) is 11.3 Å². The molecule has 8 nitrogen and oxygen atoms in total. The standard InChI is InChI=1S/C19H17N5O3S/c1-9-6-11(18(27)24-14(9)16(26)23-19(24)4-3-5-19)22-15-13-10(2)12(7-25)28-17(13)21-8-20-15/h6-8H,3-5H2,1-2H3,(H,23,26)(H,20,21,22). The molecular formula is C19H17N5O3S. The fourth-order valence-corrected chi connectivity index (χ4v) is 5.10. The van der Waals surface area contributed by atoms with E-state index in [1.54, 1.807) is 10.6 Å². The summed E-state index contributed by atoms with van der Waals surface area (Å²) in [6.45, 7) is 3.66. The van der Waals surface area contributed by atoms with Crippen molar-refractivity contribution < 1.29 is 9.59 Å². The van der Waals surface area contributed by atoms with Crippen LogP contribution in [0.1, 0.15) is 50.5 Å². The van der Waals surface area contributed by atoms with Crippen molar-refractivity contribution in [3.63, 3.8) is 0 Å². The minimum atomic E-state index is -0.601. The maximum Gasteiger partial charge on any atom is 0.276 e. The number of aldehydes is 1. The summed E-state index contributed by atoms with van der Waals surface area (Å²) in [6.07, 6.45) is 4.68. The molecule has 3 aromatic rings. The zero-order chi connectivity index (χ0) is 19.6. The molecule has 142 valence electrons. The van der Waals surface area contributed by atoms with Gasteiger partial charge in [0.2, 0.25) is 0 Å². The van der Waals surface area contributed by atoms with Crippen LogP contribution in [0.25, 0.3) is 10.2 Å². The van der Waals surface area contributed by atoms with Crippen molar-refractivity contribution in [2.24, 2.45) is 0 Å². The molecule has 1 aliphatic heterocycles. The Balaban J connectivity index is 1.68. The number of thiophene rings is 1. The number of carbonyl (C=O) groups excluding carboxylic acids is 2. The third kappa shape index (κ3) is 2.13. The first-order chi connectivity index (χ1) is 13.4. The summed E-state index contributed by atoms with van der Waals surface area (Å²) in [5, 5.41) is 6.85. The number of nitrogens with one attached hydrogen (secondary N) is 2. The molecule has 2 aliphatic rings. The Kier molecular flexibility index (Phi) is 3.48. The topological polar surface area (TPSA) is 106 Å². The van der Waals surface area contributed by atoms with Gasteiger partial charge in [0.15, 0.2) is 6.29 Å². The minimum Gasteiger partial charge on any atom is -0.335 e. The molecule has 28 heavy (non-hydrogen) atoms. The monoisotopic (exact) mass is 395 g/mol. The molecule has 0 radical (unpaired) electrons. The largest absolute Gasteiger partial charge is 0.335 e. The maximum atomic E-state index is 13.3. The zero-order valence-corrected chi connectivity index (χ0v) is 16.1. The Bertz CT molecular complexity index is 1240. The van der Waals surface area contributed by atoms with E-state index in [2.05, 4.69) is 20.6 Å². The predicted molar refractivity (Wildman–Crippen MR) is 106 cm³/mol. The summed E-state index contributed by atoms with van der Waals surface area (Å²) in [5.74, 6) is 0.276. The highest BCUT2D eigenvalue weighted by Gasteiger charge is 2.48. The third-order valence-electron chi connectivity index (χ3n) is 5.69. The Morgan fingerprint density at radius 2 is 2.07 bits per heavy atom. The second-order valence-corrected chi connectivity index (χ2v) is 8.34. The maximum absolute atomic E-state index is 13.3. The van der Waals surface area contributed by atoms with Gasteiger partial charge in [0.05, 0.1) is 10.3 Å². The molecule has 0 bridgehead atoms. The van der Waals surface area contributed by atoms with Gasteiger partial charge in [-0.2, -0.15) is 0 Å². The van der Waals surface area contributed by atoms with Gasteiger partial charge in [-0.25, -0.2) is 9.97 Å². The Labute approximate surface area is 163 Å². The van der Waals surface area contributed by atoms with Crippen LogP contribution in [0.2, 0.25) is 0 Å². The Morgan fingerprint density at radius 1 is 1.29 bits per heavy atom. The van der Waals surface area contributed by atoms with Crippen molar-refractivity contribution in [2.45, 2.75) is 38.8 Å².